The third-order valence-corrected chi connectivity index (χ3v) is 4.42. The Balaban J connectivity index is 1.64. The summed E-state index contributed by atoms with van der Waals surface area (Å²) < 4.78 is 1.31. The van der Waals surface area contributed by atoms with Crippen LogP contribution in [-0.2, 0) is 4.79 Å². The fourth-order valence-corrected chi connectivity index (χ4v) is 2.96. The number of hydrogen-bond acceptors (Lipinski definition) is 7. The summed E-state index contributed by atoms with van der Waals surface area (Å²) in [7, 11) is 0. The molecule has 3 aromatic rings. The first-order valence-corrected chi connectivity index (χ1v) is 8.63. The van der Waals surface area contributed by atoms with E-state index in [1.54, 1.807) is 18.5 Å². The summed E-state index contributed by atoms with van der Waals surface area (Å²) in [4.78, 5) is 20.0. The van der Waals surface area contributed by atoms with Gasteiger partial charge in [-0.25, -0.2) is 9.66 Å². The number of hydrogen-bond donors (Lipinski definition) is 2. The Morgan fingerprint density at radius 3 is 2.88 bits per heavy atom. The number of halogens is 2. The normalized spacial score (nSPS) is 10.6. The van der Waals surface area contributed by atoms with Gasteiger partial charge in [-0.1, -0.05) is 35.0 Å². The van der Waals surface area contributed by atoms with E-state index in [0.717, 1.165) is 17.3 Å². The highest BCUT2D eigenvalue weighted by Gasteiger charge is 2.14. The van der Waals surface area contributed by atoms with Crippen LogP contribution in [-0.4, -0.2) is 36.5 Å². The molecule has 0 aliphatic heterocycles. The summed E-state index contributed by atoms with van der Waals surface area (Å²) in [6, 6.07) is 5.08. The molecule has 0 fully saturated rings. The number of nitrogens with one attached hydrogen (secondary N) is 1. The van der Waals surface area contributed by atoms with Crippen LogP contribution < -0.4 is 11.2 Å². The van der Waals surface area contributed by atoms with Gasteiger partial charge in [0.15, 0.2) is 11.6 Å². The zero-order valence-corrected chi connectivity index (χ0v) is 14.9. The van der Waals surface area contributed by atoms with Gasteiger partial charge in [0.05, 0.1) is 15.8 Å². The molecule has 1 amide bonds. The van der Waals surface area contributed by atoms with E-state index in [1.807, 2.05) is 6.07 Å². The maximum atomic E-state index is 12.0. The first-order valence-electron chi connectivity index (χ1n) is 6.89. The standard InChI is InChI=1S/C14H11Cl2N7OS/c15-9-4-10(16)12(19-6-9)20-11(24)7-25-14-22-21-13(23(14)17)8-2-1-3-18-5-8/h1-6H,7,17H2,(H,19,20,24). The second-order valence-electron chi connectivity index (χ2n) is 4.74. The van der Waals surface area contributed by atoms with Crippen LogP contribution in [0.25, 0.3) is 11.4 Å². The highest BCUT2D eigenvalue weighted by Crippen LogP contribution is 2.24. The van der Waals surface area contributed by atoms with Crippen LogP contribution in [0.4, 0.5) is 5.82 Å². The molecule has 25 heavy (non-hydrogen) atoms. The lowest BCUT2D eigenvalue weighted by Crippen LogP contribution is -2.17. The van der Waals surface area contributed by atoms with Gasteiger partial charge in [0.2, 0.25) is 11.1 Å². The number of pyridine rings is 2. The fourth-order valence-electron chi connectivity index (χ4n) is 1.87. The predicted octanol–water partition coefficient (Wildman–Crippen LogP) is 2.49. The largest absolute Gasteiger partial charge is 0.335 e. The lowest BCUT2D eigenvalue weighted by atomic mass is 10.3. The topological polar surface area (TPSA) is 112 Å². The number of thioether (sulfide) groups is 1. The Labute approximate surface area is 156 Å². The first kappa shape index (κ1) is 17.5. The molecule has 0 aliphatic rings. The van der Waals surface area contributed by atoms with Gasteiger partial charge in [0.1, 0.15) is 0 Å². The Morgan fingerprint density at radius 1 is 1.32 bits per heavy atom. The van der Waals surface area contributed by atoms with Crippen molar-refractivity contribution < 1.29 is 4.79 Å². The van der Waals surface area contributed by atoms with Gasteiger partial charge in [-0.2, -0.15) is 0 Å². The number of carbonyl (C=O) groups excluding carboxylic acids is 1. The summed E-state index contributed by atoms with van der Waals surface area (Å²) in [6.07, 6.45) is 4.67. The quantitative estimate of drug-likeness (QED) is 0.503. The van der Waals surface area contributed by atoms with Crippen LogP contribution in [0, 0.1) is 0 Å². The number of rotatable bonds is 5. The maximum Gasteiger partial charge on any atom is 0.236 e. The second-order valence-corrected chi connectivity index (χ2v) is 6.52. The van der Waals surface area contributed by atoms with Crippen molar-refractivity contribution in [3.8, 4) is 11.4 Å². The predicted molar refractivity (Wildman–Crippen MR) is 97.0 cm³/mol. The Morgan fingerprint density at radius 2 is 2.16 bits per heavy atom. The van der Waals surface area contributed by atoms with E-state index in [-0.39, 0.29) is 22.5 Å². The van der Waals surface area contributed by atoms with Crippen molar-refractivity contribution in [3.63, 3.8) is 0 Å². The molecule has 0 bridgehead atoms. The van der Waals surface area contributed by atoms with Crippen LogP contribution in [0.1, 0.15) is 0 Å². The second kappa shape index (κ2) is 7.68. The fraction of sp³-hybridized carbons (Fsp3) is 0.0714. The molecule has 0 spiro atoms. The Hall–Kier alpha value is -2.36. The summed E-state index contributed by atoms with van der Waals surface area (Å²) in [6.45, 7) is 0. The Bertz CT molecular complexity index is 903. The molecule has 0 aliphatic carbocycles. The van der Waals surface area contributed by atoms with Gasteiger partial charge in [0, 0.05) is 24.2 Å². The SMILES string of the molecule is Nn1c(SCC(=O)Nc2ncc(Cl)cc2Cl)nnc1-c1cccnc1. The zero-order chi connectivity index (χ0) is 17.8. The lowest BCUT2D eigenvalue weighted by Gasteiger charge is -2.06. The summed E-state index contributed by atoms with van der Waals surface area (Å²) in [5, 5.41) is 11.6. The molecule has 11 heteroatoms. The molecule has 3 N–H and O–H groups in total. The van der Waals surface area contributed by atoms with Crippen molar-refractivity contribution in [2.24, 2.45) is 0 Å². The number of anilines is 1. The van der Waals surface area contributed by atoms with Crippen molar-refractivity contribution in [3.05, 3.63) is 46.8 Å². The number of aromatic nitrogens is 5. The monoisotopic (exact) mass is 395 g/mol. The van der Waals surface area contributed by atoms with Crippen LogP contribution >= 0.6 is 35.0 Å². The van der Waals surface area contributed by atoms with Crippen LogP contribution in [0.15, 0.2) is 41.9 Å². The Kier molecular flexibility index (Phi) is 5.37. The van der Waals surface area contributed by atoms with Crippen LogP contribution in [0.5, 0.6) is 0 Å². The van der Waals surface area contributed by atoms with Gasteiger partial charge in [0.25, 0.3) is 0 Å². The van der Waals surface area contributed by atoms with Crippen molar-refractivity contribution >= 4 is 46.7 Å². The molecule has 3 rings (SSSR count). The van der Waals surface area contributed by atoms with Crippen molar-refractivity contribution in [1.82, 2.24) is 24.8 Å². The molecule has 0 atom stereocenters. The van der Waals surface area contributed by atoms with Gasteiger partial charge < -0.3 is 11.2 Å². The number of carbonyl (C=O) groups is 1. The molecule has 0 aromatic carbocycles. The highest BCUT2D eigenvalue weighted by molar-refractivity contribution is 7.99. The van der Waals surface area contributed by atoms with Crippen molar-refractivity contribution in [2.75, 3.05) is 16.9 Å². The van der Waals surface area contributed by atoms with Gasteiger partial charge >= 0.3 is 0 Å². The van der Waals surface area contributed by atoms with E-state index in [9.17, 15) is 4.79 Å². The minimum atomic E-state index is -0.312. The van der Waals surface area contributed by atoms with E-state index >= 15 is 0 Å². The summed E-state index contributed by atoms with van der Waals surface area (Å²) in [5.41, 5.74) is 0.728. The molecule has 0 radical (unpaired) electrons. The third kappa shape index (κ3) is 4.19. The first-order chi connectivity index (χ1) is 12.0. The van der Waals surface area contributed by atoms with Crippen molar-refractivity contribution in [2.45, 2.75) is 5.16 Å². The van der Waals surface area contributed by atoms with E-state index in [0.29, 0.717) is 16.0 Å². The smallest absolute Gasteiger partial charge is 0.236 e. The lowest BCUT2D eigenvalue weighted by molar-refractivity contribution is -0.113. The molecule has 128 valence electrons. The average Bonchev–Trinajstić information content (AvgIpc) is 2.97. The molecule has 0 saturated carbocycles. The molecule has 0 saturated heterocycles. The van der Waals surface area contributed by atoms with Gasteiger partial charge in [-0.05, 0) is 18.2 Å². The molecule has 0 unspecified atom stereocenters. The summed E-state index contributed by atoms with van der Waals surface area (Å²) in [5.74, 6) is 6.42. The number of nitrogens with two attached hydrogens (primary N) is 1. The van der Waals surface area contributed by atoms with E-state index < -0.39 is 0 Å². The van der Waals surface area contributed by atoms with Crippen LogP contribution in [0.3, 0.4) is 0 Å². The molecular weight excluding hydrogens is 385 g/mol. The molecule has 3 heterocycles. The van der Waals surface area contributed by atoms with Gasteiger partial charge in [-0.3, -0.25) is 9.78 Å². The maximum absolute atomic E-state index is 12.0. The number of nitrogen functional groups attached to an aromatic ring is 1. The highest BCUT2D eigenvalue weighted by atomic mass is 35.5. The summed E-state index contributed by atoms with van der Waals surface area (Å²) >= 11 is 12.9. The number of nitrogens with zero attached hydrogens (tertiary/aromatic N) is 5. The van der Waals surface area contributed by atoms with E-state index in [4.69, 9.17) is 29.0 Å². The minimum absolute atomic E-state index is 0.0585. The molecular formula is C14H11Cl2N7OS. The average molecular weight is 396 g/mol. The van der Waals surface area contributed by atoms with Crippen LogP contribution in [0.2, 0.25) is 10.0 Å². The van der Waals surface area contributed by atoms with Gasteiger partial charge in [-0.15, -0.1) is 10.2 Å². The van der Waals surface area contributed by atoms with E-state index in [1.165, 1.54) is 16.9 Å². The third-order valence-electron chi connectivity index (χ3n) is 2.98. The molecule has 3 aromatic heterocycles. The zero-order valence-electron chi connectivity index (χ0n) is 12.6. The minimum Gasteiger partial charge on any atom is -0.335 e. The molecule has 8 nitrogen and oxygen atoms in total. The van der Waals surface area contributed by atoms with Crippen molar-refractivity contribution in [1.29, 1.82) is 0 Å². The number of amides is 1. The van der Waals surface area contributed by atoms with E-state index in [2.05, 4.69) is 25.5 Å².